The molecule has 0 spiro atoms. The highest BCUT2D eigenvalue weighted by molar-refractivity contribution is 5.11. The van der Waals surface area contributed by atoms with Crippen LogP contribution < -0.4 is 11.3 Å². The van der Waals surface area contributed by atoms with Crippen molar-refractivity contribution in [1.82, 2.24) is 9.78 Å². The zero-order valence-electron chi connectivity index (χ0n) is 12.0. The molecular weight excluding hydrogens is 250 g/mol. The first-order valence-corrected chi connectivity index (χ1v) is 7.91. The Kier molecular flexibility index (Phi) is 2.78. The Morgan fingerprint density at radius 2 is 1.75 bits per heavy atom. The van der Waals surface area contributed by atoms with Gasteiger partial charge in [0.1, 0.15) is 0 Å². The smallest absolute Gasteiger partial charge is 0.266 e. The molecule has 4 bridgehead atoms. The fraction of sp³-hybridized carbons (Fsp3) is 0.750. The minimum Gasteiger partial charge on any atom is -0.322 e. The Morgan fingerprint density at radius 1 is 1.15 bits per heavy atom. The number of nitrogens with two attached hydrogens (primary N) is 1. The Labute approximate surface area is 119 Å². The summed E-state index contributed by atoms with van der Waals surface area (Å²) in [7, 11) is 1.70. The van der Waals surface area contributed by atoms with Crippen LogP contribution in [0.15, 0.2) is 16.9 Å². The lowest BCUT2D eigenvalue weighted by molar-refractivity contribution is -0.0478. The van der Waals surface area contributed by atoms with Gasteiger partial charge in [0, 0.05) is 13.1 Å². The van der Waals surface area contributed by atoms with Crippen molar-refractivity contribution in [3.63, 3.8) is 0 Å². The summed E-state index contributed by atoms with van der Waals surface area (Å²) < 4.78 is 1.41. The van der Waals surface area contributed by atoms with Crippen molar-refractivity contribution >= 4 is 0 Å². The first-order valence-electron chi connectivity index (χ1n) is 7.91. The lowest BCUT2D eigenvalue weighted by Crippen LogP contribution is -2.49. The van der Waals surface area contributed by atoms with Crippen molar-refractivity contribution in [3.05, 3.63) is 28.2 Å². The van der Waals surface area contributed by atoms with Crippen molar-refractivity contribution in [1.29, 1.82) is 0 Å². The maximum absolute atomic E-state index is 11.5. The van der Waals surface area contributed by atoms with E-state index in [-0.39, 0.29) is 11.6 Å². The van der Waals surface area contributed by atoms with Gasteiger partial charge < -0.3 is 5.73 Å². The number of hydrogen-bond acceptors (Lipinski definition) is 3. The minimum absolute atomic E-state index is 0.00296. The zero-order valence-corrected chi connectivity index (χ0v) is 12.0. The van der Waals surface area contributed by atoms with Gasteiger partial charge in [-0.3, -0.25) is 4.79 Å². The highest BCUT2D eigenvalue weighted by Crippen LogP contribution is 2.58. The molecule has 4 heteroatoms. The quantitative estimate of drug-likeness (QED) is 0.894. The molecule has 1 heterocycles. The van der Waals surface area contributed by atoms with Gasteiger partial charge in [-0.15, -0.1) is 0 Å². The van der Waals surface area contributed by atoms with Gasteiger partial charge in [0.05, 0.1) is 11.7 Å². The monoisotopic (exact) mass is 273 g/mol. The van der Waals surface area contributed by atoms with Gasteiger partial charge in [0.25, 0.3) is 5.56 Å². The van der Waals surface area contributed by atoms with E-state index < -0.39 is 0 Å². The normalized spacial score (nSPS) is 40.0. The molecule has 1 unspecified atom stereocenters. The number of hydrogen-bond donors (Lipinski definition) is 1. The average molecular weight is 273 g/mol. The summed E-state index contributed by atoms with van der Waals surface area (Å²) in [4.78, 5) is 11.5. The molecule has 1 aromatic heterocycles. The predicted octanol–water partition coefficient (Wildman–Crippen LogP) is 1.85. The van der Waals surface area contributed by atoms with Crippen LogP contribution in [0.4, 0.5) is 0 Å². The number of rotatable bonds is 2. The summed E-state index contributed by atoms with van der Waals surface area (Å²) in [6.07, 6.45) is 6.95. The molecule has 5 rings (SSSR count). The molecule has 0 aliphatic heterocycles. The number of nitrogens with zero attached hydrogens (tertiary/aromatic N) is 2. The van der Waals surface area contributed by atoms with Crippen LogP contribution in [-0.2, 0) is 7.05 Å². The van der Waals surface area contributed by atoms with Gasteiger partial charge in [-0.25, -0.2) is 4.68 Å². The summed E-state index contributed by atoms with van der Waals surface area (Å²) in [5.41, 5.74) is 7.39. The van der Waals surface area contributed by atoms with Crippen LogP contribution in [0.2, 0.25) is 0 Å². The number of aromatic nitrogens is 2. The third kappa shape index (κ3) is 1.85. The molecule has 0 aromatic carbocycles. The Morgan fingerprint density at radius 3 is 2.30 bits per heavy atom. The van der Waals surface area contributed by atoms with E-state index in [1.807, 2.05) is 6.07 Å². The fourth-order valence-corrected chi connectivity index (χ4v) is 5.45. The fourth-order valence-electron chi connectivity index (χ4n) is 5.45. The molecule has 2 N–H and O–H groups in total. The van der Waals surface area contributed by atoms with Crippen LogP contribution in [0, 0.1) is 29.6 Å². The predicted molar refractivity (Wildman–Crippen MR) is 76.9 cm³/mol. The molecule has 0 amide bonds. The second-order valence-corrected chi connectivity index (χ2v) is 7.25. The van der Waals surface area contributed by atoms with Crippen LogP contribution in [-0.4, -0.2) is 9.78 Å². The third-order valence-corrected chi connectivity index (χ3v) is 6.04. The van der Waals surface area contributed by atoms with E-state index in [1.165, 1.54) is 36.8 Å². The topological polar surface area (TPSA) is 60.9 Å². The molecule has 0 radical (unpaired) electrons. The molecule has 4 aliphatic carbocycles. The molecule has 4 nitrogen and oxygen atoms in total. The largest absolute Gasteiger partial charge is 0.322 e. The Bertz CT molecular complexity index is 551. The highest BCUT2D eigenvalue weighted by Gasteiger charge is 2.50. The van der Waals surface area contributed by atoms with Crippen LogP contribution in [0.1, 0.15) is 43.8 Å². The van der Waals surface area contributed by atoms with E-state index in [9.17, 15) is 4.79 Å². The zero-order chi connectivity index (χ0) is 13.9. The lowest BCUT2D eigenvalue weighted by atomic mass is 9.50. The van der Waals surface area contributed by atoms with Crippen molar-refractivity contribution in [2.45, 2.75) is 38.1 Å². The summed E-state index contributed by atoms with van der Waals surface area (Å²) in [6.45, 7) is 0. The van der Waals surface area contributed by atoms with E-state index in [0.29, 0.717) is 5.92 Å². The second kappa shape index (κ2) is 4.42. The third-order valence-electron chi connectivity index (χ3n) is 6.04. The van der Waals surface area contributed by atoms with Crippen LogP contribution in [0.3, 0.4) is 0 Å². The molecule has 1 aromatic rings. The van der Waals surface area contributed by atoms with Crippen LogP contribution in [0.5, 0.6) is 0 Å². The van der Waals surface area contributed by atoms with Gasteiger partial charge in [-0.2, -0.15) is 5.10 Å². The molecule has 4 fully saturated rings. The van der Waals surface area contributed by atoms with Gasteiger partial charge in [-0.1, -0.05) is 0 Å². The first-order chi connectivity index (χ1) is 9.61. The Balaban J connectivity index is 1.63. The van der Waals surface area contributed by atoms with Crippen molar-refractivity contribution < 1.29 is 0 Å². The summed E-state index contributed by atoms with van der Waals surface area (Å²) in [5.74, 6) is 4.09. The average Bonchev–Trinajstić information content (AvgIpc) is 2.40. The van der Waals surface area contributed by atoms with Crippen molar-refractivity contribution in [2.24, 2.45) is 42.4 Å². The highest BCUT2D eigenvalue weighted by atomic mass is 16.1. The van der Waals surface area contributed by atoms with Crippen molar-refractivity contribution in [3.8, 4) is 0 Å². The molecular formula is C16H23N3O. The number of aryl methyl sites for hydroxylation is 1. The first kappa shape index (κ1) is 12.6. The molecule has 4 saturated carbocycles. The van der Waals surface area contributed by atoms with E-state index in [0.717, 1.165) is 29.4 Å². The van der Waals surface area contributed by atoms with E-state index in [1.54, 1.807) is 13.1 Å². The summed E-state index contributed by atoms with van der Waals surface area (Å²) >= 11 is 0. The molecule has 4 aliphatic rings. The maximum atomic E-state index is 11.5. The van der Waals surface area contributed by atoms with Crippen molar-refractivity contribution in [2.75, 3.05) is 0 Å². The molecule has 1 atom stereocenters. The molecule has 20 heavy (non-hydrogen) atoms. The SMILES string of the molecule is Cn1nc(C(N)C2C3CC4CC(C3)CC2C4)ccc1=O. The maximum Gasteiger partial charge on any atom is 0.266 e. The van der Waals surface area contributed by atoms with Gasteiger partial charge in [0.15, 0.2) is 0 Å². The lowest BCUT2D eigenvalue weighted by Gasteiger charge is -2.55. The van der Waals surface area contributed by atoms with Gasteiger partial charge in [0.2, 0.25) is 0 Å². The van der Waals surface area contributed by atoms with Gasteiger partial charge in [-0.05, 0) is 67.8 Å². The van der Waals surface area contributed by atoms with Gasteiger partial charge >= 0.3 is 0 Å². The van der Waals surface area contributed by atoms with E-state index in [2.05, 4.69) is 5.10 Å². The van der Waals surface area contributed by atoms with Crippen LogP contribution in [0.25, 0.3) is 0 Å². The molecule has 108 valence electrons. The van der Waals surface area contributed by atoms with E-state index >= 15 is 0 Å². The second-order valence-electron chi connectivity index (χ2n) is 7.25. The summed E-state index contributed by atoms with van der Waals surface area (Å²) in [6, 6.07) is 3.42. The van der Waals surface area contributed by atoms with Crippen LogP contribution >= 0.6 is 0 Å². The summed E-state index contributed by atoms with van der Waals surface area (Å²) in [5, 5.41) is 4.38. The Hall–Kier alpha value is -1.16. The van der Waals surface area contributed by atoms with E-state index in [4.69, 9.17) is 5.73 Å². The standard InChI is InChI=1S/C16H23N3O/c1-19-14(20)3-2-13(18-19)16(17)15-11-5-9-4-10(7-11)8-12(15)6-9/h2-3,9-12,15-16H,4-8,17H2,1H3. The molecule has 0 saturated heterocycles. The minimum atomic E-state index is -0.0639.